The van der Waals surface area contributed by atoms with Crippen LogP contribution in [0.25, 0.3) is 45.6 Å². The maximum absolute atomic E-state index is 6.60. The first kappa shape index (κ1) is 41.8. The van der Waals surface area contributed by atoms with Crippen molar-refractivity contribution in [2.75, 3.05) is 14.2 Å². The number of benzene rings is 4. The van der Waals surface area contributed by atoms with E-state index in [1.807, 2.05) is 13.8 Å². The van der Waals surface area contributed by atoms with Crippen LogP contribution in [0.4, 0.5) is 0 Å². The second kappa shape index (κ2) is 15.2. The largest absolute Gasteiger partial charge is 0.147 e. The Hall–Kier alpha value is -3.80. The molecule has 4 aromatic carbocycles. The molecule has 0 N–H and O–H groups in total. The summed E-state index contributed by atoms with van der Waals surface area (Å²) in [4.78, 5) is 0. The van der Waals surface area contributed by atoms with Crippen molar-refractivity contribution in [1.29, 1.82) is 0 Å². The molecule has 0 aliphatic heterocycles. The third-order valence-corrected chi connectivity index (χ3v) is 29.6. The SMILES string of the molecule is COc1ccccc1-c1c(C)c(C)cc2c1C=C(c1ccc(C)o1)[CH]2[Zr]([CH3])([CH3])(=[SiH2])[CH]1C(c2ccc(C)o2)=Cc2c1cc(C)c(C)c2-c1ccccc1OC.Cl.Cl. The number of fused-ring (bicyclic) bond motifs is 2. The normalized spacial score (nSPS) is 16.0. The van der Waals surface area contributed by atoms with Gasteiger partial charge in [0.05, 0.1) is 0 Å². The first-order valence-corrected chi connectivity index (χ1v) is 32.6. The second-order valence-electron chi connectivity index (χ2n) is 16.6. The summed E-state index contributed by atoms with van der Waals surface area (Å²) in [7, 11) is 3.54. The fraction of sp³-hybridized carbons (Fsp3) is 0.250. The molecule has 0 saturated heterocycles. The molecule has 0 fully saturated rings. The van der Waals surface area contributed by atoms with Crippen LogP contribution in [0.15, 0.2) is 93.8 Å². The molecular formula is C48H52Cl2O4SiZr. The molecule has 4 nitrogen and oxygen atoms in total. The second-order valence-corrected chi connectivity index (χ2v) is 47.1. The average molecular weight is 883 g/mol. The molecule has 0 spiro atoms. The summed E-state index contributed by atoms with van der Waals surface area (Å²) in [6, 6.07) is 30.4. The van der Waals surface area contributed by atoms with Crippen LogP contribution >= 0.6 is 24.8 Å². The quantitative estimate of drug-likeness (QED) is 0.143. The Bertz CT molecular complexity index is 2480. The predicted octanol–water partition coefficient (Wildman–Crippen LogP) is 13.1. The van der Waals surface area contributed by atoms with Crippen molar-refractivity contribution in [3.8, 4) is 33.8 Å². The van der Waals surface area contributed by atoms with Crippen molar-refractivity contribution in [1.82, 2.24) is 0 Å². The monoisotopic (exact) mass is 880 g/mol. The summed E-state index contributed by atoms with van der Waals surface area (Å²) >= 11 is -4.30. The van der Waals surface area contributed by atoms with Gasteiger partial charge >= 0.3 is 324 Å². The first-order chi connectivity index (χ1) is 25.7. The van der Waals surface area contributed by atoms with E-state index in [2.05, 4.69) is 141 Å². The maximum atomic E-state index is 6.60. The number of halogens is 2. The van der Waals surface area contributed by atoms with E-state index in [1.165, 1.54) is 66.8 Å². The van der Waals surface area contributed by atoms with Crippen molar-refractivity contribution >= 4 is 55.0 Å². The summed E-state index contributed by atoms with van der Waals surface area (Å²) in [5.41, 5.74) is 17.8. The molecule has 2 heterocycles. The van der Waals surface area contributed by atoms with Gasteiger partial charge in [0.15, 0.2) is 0 Å². The topological polar surface area (TPSA) is 44.7 Å². The van der Waals surface area contributed by atoms with Crippen LogP contribution in [-0.2, 0) is 17.4 Å². The van der Waals surface area contributed by atoms with Crippen LogP contribution < -0.4 is 9.47 Å². The number of allylic oxidation sites excluding steroid dienone is 2. The zero-order chi connectivity index (χ0) is 38.3. The Kier molecular flexibility index (Phi) is 11.3. The first-order valence-electron chi connectivity index (χ1n) is 18.9. The summed E-state index contributed by atoms with van der Waals surface area (Å²) < 4.78 is 30.9. The number of ether oxygens (including phenoxy) is 2. The zero-order valence-electron chi connectivity index (χ0n) is 34.0. The Labute approximate surface area is 346 Å². The van der Waals surface area contributed by atoms with Crippen molar-refractivity contribution in [3.05, 3.63) is 152 Å². The van der Waals surface area contributed by atoms with Gasteiger partial charge in [0.1, 0.15) is 0 Å². The molecule has 2 aliphatic rings. The van der Waals surface area contributed by atoms with Gasteiger partial charge in [-0.25, -0.2) is 0 Å². The Balaban J connectivity index is 0.00000266. The van der Waals surface area contributed by atoms with Crippen LogP contribution in [0.3, 0.4) is 0 Å². The Morgan fingerprint density at radius 1 is 0.554 bits per heavy atom. The zero-order valence-corrected chi connectivity index (χ0v) is 39.6. The molecule has 0 saturated carbocycles. The summed E-state index contributed by atoms with van der Waals surface area (Å²) in [6.07, 6.45) is 4.91. The van der Waals surface area contributed by atoms with Gasteiger partial charge in [-0.1, -0.05) is 0 Å². The third kappa shape index (κ3) is 6.55. The molecular weight excluding hydrogens is 831 g/mol. The van der Waals surface area contributed by atoms with E-state index >= 15 is 0 Å². The van der Waals surface area contributed by atoms with Gasteiger partial charge in [0.25, 0.3) is 0 Å². The molecule has 290 valence electrons. The van der Waals surface area contributed by atoms with Crippen molar-refractivity contribution in [2.45, 2.75) is 58.1 Å². The molecule has 2 aliphatic carbocycles. The molecule has 2 aromatic heterocycles. The van der Waals surface area contributed by atoms with Gasteiger partial charge in [-0.2, -0.15) is 0 Å². The molecule has 8 rings (SSSR count). The van der Waals surface area contributed by atoms with Gasteiger partial charge in [-0.15, -0.1) is 24.8 Å². The minimum atomic E-state index is -4.30. The van der Waals surface area contributed by atoms with E-state index in [1.54, 1.807) is 14.2 Å². The van der Waals surface area contributed by atoms with E-state index < -0.39 is 17.4 Å². The molecule has 8 heteroatoms. The predicted molar refractivity (Wildman–Crippen MR) is 239 cm³/mol. The fourth-order valence-electron chi connectivity index (χ4n) is 9.74. The van der Waals surface area contributed by atoms with Crippen LogP contribution in [0.2, 0.25) is 9.26 Å². The van der Waals surface area contributed by atoms with Crippen LogP contribution in [0.1, 0.15) is 74.8 Å². The van der Waals surface area contributed by atoms with Gasteiger partial charge < -0.3 is 0 Å². The molecule has 2 atom stereocenters. The number of hydrogen-bond acceptors (Lipinski definition) is 4. The van der Waals surface area contributed by atoms with Crippen LogP contribution in [0, 0.1) is 41.5 Å². The Morgan fingerprint density at radius 2 is 0.929 bits per heavy atom. The summed E-state index contributed by atoms with van der Waals surface area (Å²) in [6.45, 7) is 15.5. The van der Waals surface area contributed by atoms with Crippen LogP contribution in [0.5, 0.6) is 11.5 Å². The molecule has 2 unspecified atom stereocenters. The fourth-order valence-corrected chi connectivity index (χ4v) is 28.1. The molecule has 0 amide bonds. The third-order valence-electron chi connectivity index (χ3n) is 12.4. The number of methoxy groups -OCH3 is 2. The number of furan rings is 2. The molecule has 0 radical (unpaired) electrons. The summed E-state index contributed by atoms with van der Waals surface area (Å²) in [5.74, 6) is 5.52. The van der Waals surface area contributed by atoms with E-state index in [0.29, 0.717) is 0 Å². The number of rotatable bonds is 8. The van der Waals surface area contributed by atoms with Crippen molar-refractivity contribution in [2.24, 2.45) is 0 Å². The number of para-hydroxylation sites is 2. The van der Waals surface area contributed by atoms with E-state index in [9.17, 15) is 0 Å². The van der Waals surface area contributed by atoms with Gasteiger partial charge in [0.2, 0.25) is 0 Å². The molecule has 0 bridgehead atoms. The van der Waals surface area contributed by atoms with Crippen molar-refractivity contribution in [3.63, 3.8) is 0 Å². The van der Waals surface area contributed by atoms with E-state index in [4.69, 9.17) is 18.3 Å². The van der Waals surface area contributed by atoms with Gasteiger partial charge in [-0.05, 0) is 0 Å². The molecule has 6 aromatic rings. The molecule has 56 heavy (non-hydrogen) atoms. The number of aryl methyl sites for hydroxylation is 4. The van der Waals surface area contributed by atoms with Crippen molar-refractivity contribution < 1.29 is 35.7 Å². The Morgan fingerprint density at radius 3 is 1.27 bits per heavy atom. The van der Waals surface area contributed by atoms with E-state index in [0.717, 1.165) is 45.7 Å². The number of hydrogen-bond donors (Lipinski definition) is 0. The van der Waals surface area contributed by atoms with Gasteiger partial charge in [0, 0.05) is 0 Å². The minimum Gasteiger partial charge on any atom is -0.147 e. The maximum Gasteiger partial charge on any atom is -0.147 e. The standard InChI is InChI=1S/2C23H21O2.2CH3.2ClH.H2Si.Zr/c2*1-14-11-17-12-18(21-10-9-15(2)25-21)13-20(17)23(16(14)3)19-7-5-6-8-22(19)24-4;;;;;;/h2*5-13H,1-4H3;2*1H3;2*1H;1H2;. The van der Waals surface area contributed by atoms with E-state index in [-0.39, 0.29) is 32.1 Å². The average Bonchev–Trinajstić information content (AvgIpc) is 3.94. The van der Waals surface area contributed by atoms with Gasteiger partial charge in [-0.3, -0.25) is 0 Å². The minimum absolute atomic E-state index is 0. The summed E-state index contributed by atoms with van der Waals surface area (Å²) in [5, 5.41) is 0. The smallest absolute Gasteiger partial charge is 0.147 e. The van der Waals surface area contributed by atoms with Crippen LogP contribution in [-0.4, -0.2) is 21.1 Å².